The lowest BCUT2D eigenvalue weighted by atomic mass is 10.0. The smallest absolute Gasteiger partial charge is 0.191 e. The fraction of sp³-hybridized carbons (Fsp3) is 0.480. The van der Waals surface area contributed by atoms with Crippen LogP contribution in [0.5, 0.6) is 5.75 Å². The predicted molar refractivity (Wildman–Crippen MR) is 124 cm³/mol. The second-order valence-electron chi connectivity index (χ2n) is 7.71. The van der Waals surface area contributed by atoms with Gasteiger partial charge in [-0.15, -0.1) is 0 Å². The molecule has 0 spiro atoms. The number of hydrogen-bond donors (Lipinski definition) is 2. The molecule has 0 radical (unpaired) electrons. The van der Waals surface area contributed by atoms with Crippen molar-refractivity contribution >= 4 is 5.96 Å². The van der Waals surface area contributed by atoms with Gasteiger partial charge in [0.15, 0.2) is 5.96 Å². The van der Waals surface area contributed by atoms with Gasteiger partial charge in [0.25, 0.3) is 0 Å². The van der Waals surface area contributed by atoms with Crippen LogP contribution in [-0.4, -0.2) is 46.0 Å². The van der Waals surface area contributed by atoms with E-state index in [0.717, 1.165) is 69.5 Å². The Balaban J connectivity index is 1.34. The van der Waals surface area contributed by atoms with Crippen molar-refractivity contribution in [3.63, 3.8) is 0 Å². The molecular formula is C25H35N3O3. The fourth-order valence-electron chi connectivity index (χ4n) is 3.49. The van der Waals surface area contributed by atoms with Crippen LogP contribution >= 0.6 is 0 Å². The van der Waals surface area contributed by atoms with Gasteiger partial charge in [-0.1, -0.05) is 42.5 Å². The largest absolute Gasteiger partial charge is 0.489 e. The molecule has 1 fully saturated rings. The van der Waals surface area contributed by atoms with Crippen molar-refractivity contribution in [1.82, 2.24) is 10.6 Å². The van der Waals surface area contributed by atoms with Gasteiger partial charge in [0.1, 0.15) is 12.4 Å². The lowest BCUT2D eigenvalue weighted by Crippen LogP contribution is -2.37. The second kappa shape index (κ2) is 13.7. The average Bonchev–Trinajstić information content (AvgIpc) is 2.83. The van der Waals surface area contributed by atoms with E-state index < -0.39 is 0 Å². The summed E-state index contributed by atoms with van der Waals surface area (Å²) in [5.41, 5.74) is 2.36. The van der Waals surface area contributed by atoms with Crippen LogP contribution in [0.3, 0.4) is 0 Å². The van der Waals surface area contributed by atoms with E-state index in [2.05, 4.69) is 33.8 Å². The van der Waals surface area contributed by atoms with Gasteiger partial charge in [0.05, 0.1) is 0 Å². The van der Waals surface area contributed by atoms with Crippen molar-refractivity contribution in [2.75, 3.05) is 40.0 Å². The number of nitrogens with one attached hydrogen (secondary N) is 2. The number of para-hydroxylation sites is 1. The zero-order valence-corrected chi connectivity index (χ0v) is 18.5. The Hall–Kier alpha value is -2.57. The summed E-state index contributed by atoms with van der Waals surface area (Å²) in [5.74, 6) is 2.33. The van der Waals surface area contributed by atoms with Gasteiger partial charge in [-0.25, -0.2) is 0 Å². The molecule has 0 aliphatic carbocycles. The van der Waals surface area contributed by atoms with Crippen molar-refractivity contribution in [2.24, 2.45) is 10.9 Å². The Labute approximate surface area is 186 Å². The number of ether oxygens (including phenoxy) is 3. The van der Waals surface area contributed by atoms with E-state index in [4.69, 9.17) is 14.2 Å². The van der Waals surface area contributed by atoms with Crippen LogP contribution in [0.15, 0.2) is 59.6 Å². The Morgan fingerprint density at radius 2 is 1.74 bits per heavy atom. The summed E-state index contributed by atoms with van der Waals surface area (Å²) in [6.07, 6.45) is 3.19. The molecule has 6 nitrogen and oxygen atoms in total. The van der Waals surface area contributed by atoms with Crippen LogP contribution in [0.4, 0.5) is 0 Å². The number of nitrogens with zero attached hydrogens (tertiary/aromatic N) is 1. The standard InChI is InChI=1S/C25H35N3O3/c1-26-25(27-14-7-15-30-19-21-12-16-29-17-13-21)28-18-22-8-5-6-9-23(22)20-31-24-10-3-2-4-11-24/h2-6,8-11,21H,7,12-20H2,1H3,(H2,26,27,28). The van der Waals surface area contributed by atoms with E-state index >= 15 is 0 Å². The highest BCUT2D eigenvalue weighted by Crippen LogP contribution is 2.15. The Kier molecular flexibility index (Phi) is 10.2. The summed E-state index contributed by atoms with van der Waals surface area (Å²) in [5, 5.41) is 6.76. The minimum atomic E-state index is 0.540. The molecule has 168 valence electrons. The lowest BCUT2D eigenvalue weighted by molar-refractivity contribution is 0.0203. The maximum Gasteiger partial charge on any atom is 0.191 e. The van der Waals surface area contributed by atoms with Gasteiger partial charge < -0.3 is 24.8 Å². The molecule has 2 N–H and O–H groups in total. The highest BCUT2D eigenvalue weighted by Gasteiger charge is 2.13. The second-order valence-corrected chi connectivity index (χ2v) is 7.71. The molecule has 2 aromatic carbocycles. The Morgan fingerprint density at radius 3 is 2.52 bits per heavy atom. The molecule has 2 aromatic rings. The number of aliphatic imine (C=N–C) groups is 1. The summed E-state index contributed by atoms with van der Waals surface area (Å²) >= 11 is 0. The maximum absolute atomic E-state index is 5.92. The van der Waals surface area contributed by atoms with E-state index in [-0.39, 0.29) is 0 Å². The molecule has 0 aromatic heterocycles. The molecule has 1 aliphatic rings. The van der Waals surface area contributed by atoms with Gasteiger partial charge in [0, 0.05) is 46.6 Å². The number of hydrogen-bond acceptors (Lipinski definition) is 4. The van der Waals surface area contributed by atoms with Crippen molar-refractivity contribution < 1.29 is 14.2 Å². The van der Waals surface area contributed by atoms with Crippen molar-refractivity contribution in [1.29, 1.82) is 0 Å². The molecule has 0 unspecified atom stereocenters. The zero-order chi connectivity index (χ0) is 21.6. The van der Waals surface area contributed by atoms with Crippen LogP contribution in [0.1, 0.15) is 30.4 Å². The molecule has 1 aliphatic heterocycles. The molecule has 0 saturated carbocycles. The first kappa shape index (κ1) is 23.1. The number of benzene rings is 2. The van der Waals surface area contributed by atoms with Gasteiger partial charge in [-0.2, -0.15) is 0 Å². The zero-order valence-electron chi connectivity index (χ0n) is 18.5. The van der Waals surface area contributed by atoms with Crippen LogP contribution in [0.25, 0.3) is 0 Å². The fourth-order valence-corrected chi connectivity index (χ4v) is 3.49. The van der Waals surface area contributed by atoms with Gasteiger partial charge >= 0.3 is 0 Å². The summed E-state index contributed by atoms with van der Waals surface area (Å²) in [6.45, 7) is 5.41. The van der Waals surface area contributed by atoms with Gasteiger partial charge in [-0.3, -0.25) is 4.99 Å². The van der Waals surface area contributed by atoms with Crippen LogP contribution in [0, 0.1) is 5.92 Å². The quantitative estimate of drug-likeness (QED) is 0.326. The van der Waals surface area contributed by atoms with Crippen molar-refractivity contribution in [3.8, 4) is 5.75 Å². The first-order valence-electron chi connectivity index (χ1n) is 11.2. The molecule has 1 saturated heterocycles. The molecular weight excluding hydrogens is 390 g/mol. The van der Waals surface area contributed by atoms with Gasteiger partial charge in [-0.05, 0) is 48.4 Å². The SMILES string of the molecule is CN=C(NCCCOCC1CCOCC1)NCc1ccccc1COc1ccccc1. The van der Waals surface area contributed by atoms with E-state index in [1.165, 1.54) is 5.56 Å². The van der Waals surface area contributed by atoms with E-state index in [9.17, 15) is 0 Å². The molecule has 0 amide bonds. The van der Waals surface area contributed by atoms with E-state index in [1.54, 1.807) is 7.05 Å². The van der Waals surface area contributed by atoms with Crippen LogP contribution in [0.2, 0.25) is 0 Å². The van der Waals surface area contributed by atoms with E-state index in [1.807, 2.05) is 36.4 Å². The minimum absolute atomic E-state index is 0.540. The first-order chi connectivity index (χ1) is 15.3. The summed E-state index contributed by atoms with van der Waals surface area (Å²) < 4.78 is 17.1. The van der Waals surface area contributed by atoms with Gasteiger partial charge in [0.2, 0.25) is 0 Å². The number of guanidine groups is 1. The topological polar surface area (TPSA) is 64.1 Å². The third-order valence-corrected chi connectivity index (χ3v) is 5.38. The monoisotopic (exact) mass is 425 g/mol. The molecule has 0 atom stereocenters. The third-order valence-electron chi connectivity index (χ3n) is 5.38. The Bertz CT molecular complexity index is 777. The predicted octanol–water partition coefficient (Wildman–Crippen LogP) is 3.76. The Morgan fingerprint density at radius 1 is 1.00 bits per heavy atom. The normalized spacial score (nSPS) is 14.9. The van der Waals surface area contributed by atoms with Crippen molar-refractivity contribution in [2.45, 2.75) is 32.4 Å². The summed E-state index contributed by atoms with van der Waals surface area (Å²) in [6, 6.07) is 18.2. The third kappa shape index (κ3) is 8.59. The lowest BCUT2D eigenvalue weighted by Gasteiger charge is -2.21. The average molecular weight is 426 g/mol. The summed E-state index contributed by atoms with van der Waals surface area (Å²) in [7, 11) is 1.79. The number of rotatable bonds is 11. The molecule has 31 heavy (non-hydrogen) atoms. The van der Waals surface area contributed by atoms with Crippen LogP contribution in [-0.2, 0) is 22.6 Å². The van der Waals surface area contributed by atoms with E-state index in [0.29, 0.717) is 19.1 Å². The van der Waals surface area contributed by atoms with Crippen molar-refractivity contribution in [3.05, 3.63) is 65.7 Å². The molecule has 0 bridgehead atoms. The molecule has 6 heteroatoms. The first-order valence-corrected chi connectivity index (χ1v) is 11.2. The molecule has 3 rings (SSSR count). The van der Waals surface area contributed by atoms with Crippen LogP contribution < -0.4 is 15.4 Å². The highest BCUT2D eigenvalue weighted by molar-refractivity contribution is 5.79. The molecule has 1 heterocycles. The maximum atomic E-state index is 5.92. The highest BCUT2D eigenvalue weighted by atomic mass is 16.5. The minimum Gasteiger partial charge on any atom is -0.489 e. The summed E-state index contributed by atoms with van der Waals surface area (Å²) in [4.78, 5) is 4.33.